The van der Waals surface area contributed by atoms with E-state index in [2.05, 4.69) is 49.5 Å². The van der Waals surface area contributed by atoms with Crippen molar-refractivity contribution in [3.63, 3.8) is 0 Å². The van der Waals surface area contributed by atoms with E-state index in [0.717, 1.165) is 19.4 Å². The molecule has 0 fully saturated rings. The van der Waals surface area contributed by atoms with Gasteiger partial charge < -0.3 is 10.4 Å². The van der Waals surface area contributed by atoms with Crippen molar-refractivity contribution >= 4 is 0 Å². The van der Waals surface area contributed by atoms with Gasteiger partial charge in [-0.15, -0.1) is 0 Å². The van der Waals surface area contributed by atoms with Gasteiger partial charge in [0.25, 0.3) is 0 Å². The minimum atomic E-state index is 0.329. The molecule has 0 spiro atoms. The van der Waals surface area contributed by atoms with Gasteiger partial charge in [-0.3, -0.25) is 0 Å². The van der Waals surface area contributed by atoms with Gasteiger partial charge in [-0.05, 0) is 48.6 Å². The highest BCUT2D eigenvalue weighted by Gasteiger charge is 2.18. The first kappa shape index (κ1) is 15.6. The van der Waals surface area contributed by atoms with E-state index >= 15 is 0 Å². The third-order valence-corrected chi connectivity index (χ3v) is 3.84. The maximum Gasteiger partial charge on any atom is 0.115 e. The summed E-state index contributed by atoms with van der Waals surface area (Å²) in [5.41, 5.74) is 2.61. The van der Waals surface area contributed by atoms with Crippen molar-refractivity contribution < 1.29 is 5.11 Å². The van der Waals surface area contributed by atoms with Crippen molar-refractivity contribution in [1.82, 2.24) is 5.32 Å². The average molecular weight is 283 g/mol. The van der Waals surface area contributed by atoms with E-state index < -0.39 is 0 Å². The van der Waals surface area contributed by atoms with Crippen LogP contribution in [0.2, 0.25) is 0 Å². The van der Waals surface area contributed by atoms with Crippen LogP contribution in [0.5, 0.6) is 5.75 Å². The van der Waals surface area contributed by atoms with Gasteiger partial charge in [0, 0.05) is 6.04 Å². The molecule has 0 aromatic heterocycles. The van der Waals surface area contributed by atoms with Crippen LogP contribution in [0.15, 0.2) is 54.6 Å². The summed E-state index contributed by atoms with van der Waals surface area (Å²) < 4.78 is 0. The summed E-state index contributed by atoms with van der Waals surface area (Å²) in [5, 5.41) is 13.0. The molecule has 0 saturated heterocycles. The third kappa shape index (κ3) is 4.61. The molecule has 0 saturated carbocycles. The summed E-state index contributed by atoms with van der Waals surface area (Å²) in [4.78, 5) is 0. The fraction of sp³-hybridized carbons (Fsp3) is 0.368. The predicted molar refractivity (Wildman–Crippen MR) is 88.5 cm³/mol. The fourth-order valence-electron chi connectivity index (χ4n) is 2.73. The standard InChI is InChI=1S/C19H25NO/c1-3-13-20-19(17-7-5-4-6-8-17)15(2)14-16-9-11-18(21)12-10-16/h4-12,15,19-21H,3,13-14H2,1-2H3. The minimum Gasteiger partial charge on any atom is -0.508 e. The third-order valence-electron chi connectivity index (χ3n) is 3.84. The van der Waals surface area contributed by atoms with E-state index in [-0.39, 0.29) is 0 Å². The molecule has 112 valence electrons. The zero-order valence-corrected chi connectivity index (χ0v) is 12.9. The predicted octanol–water partition coefficient (Wildman–Crippen LogP) is 4.31. The molecule has 2 nitrogen and oxygen atoms in total. The number of phenolic OH excluding ortho intramolecular Hbond substituents is 1. The maximum absolute atomic E-state index is 9.38. The Hall–Kier alpha value is -1.80. The Labute approximate surface area is 127 Å². The molecule has 0 amide bonds. The SMILES string of the molecule is CCCNC(c1ccccc1)C(C)Cc1ccc(O)cc1. The molecule has 2 heteroatoms. The number of hydrogen-bond donors (Lipinski definition) is 2. The molecule has 0 bridgehead atoms. The number of rotatable bonds is 7. The molecule has 2 rings (SSSR count). The second-order valence-electron chi connectivity index (χ2n) is 5.69. The molecule has 0 aliphatic heterocycles. The van der Waals surface area contributed by atoms with Crippen LogP contribution in [0.3, 0.4) is 0 Å². The highest BCUT2D eigenvalue weighted by molar-refractivity contribution is 5.27. The fourth-order valence-corrected chi connectivity index (χ4v) is 2.73. The largest absolute Gasteiger partial charge is 0.508 e. The average Bonchev–Trinajstić information content (AvgIpc) is 2.51. The summed E-state index contributed by atoms with van der Waals surface area (Å²) in [5.74, 6) is 0.818. The van der Waals surface area contributed by atoms with E-state index in [1.807, 2.05) is 12.1 Å². The Morgan fingerprint density at radius 1 is 1.00 bits per heavy atom. The van der Waals surface area contributed by atoms with Gasteiger partial charge in [-0.2, -0.15) is 0 Å². The molecule has 2 unspecified atom stereocenters. The summed E-state index contributed by atoms with van der Waals surface area (Å²) in [6, 6.07) is 18.6. The molecule has 0 aliphatic rings. The molecular weight excluding hydrogens is 258 g/mol. The molecular formula is C19H25NO. The second kappa shape index (κ2) is 7.84. The summed E-state index contributed by atoms with van der Waals surface area (Å²) >= 11 is 0. The zero-order chi connectivity index (χ0) is 15.1. The van der Waals surface area contributed by atoms with Gasteiger partial charge in [0.05, 0.1) is 0 Å². The van der Waals surface area contributed by atoms with Crippen LogP contribution >= 0.6 is 0 Å². The maximum atomic E-state index is 9.38. The van der Waals surface area contributed by atoms with Crippen LogP contribution < -0.4 is 5.32 Å². The van der Waals surface area contributed by atoms with E-state index in [9.17, 15) is 5.11 Å². The van der Waals surface area contributed by atoms with Gasteiger partial charge >= 0.3 is 0 Å². The van der Waals surface area contributed by atoms with Crippen LogP contribution in [-0.4, -0.2) is 11.7 Å². The molecule has 2 N–H and O–H groups in total. The zero-order valence-electron chi connectivity index (χ0n) is 12.9. The number of phenols is 1. The smallest absolute Gasteiger partial charge is 0.115 e. The van der Waals surface area contributed by atoms with E-state index in [4.69, 9.17) is 0 Å². The van der Waals surface area contributed by atoms with Gasteiger partial charge in [0.1, 0.15) is 5.75 Å². The van der Waals surface area contributed by atoms with Gasteiger partial charge in [-0.25, -0.2) is 0 Å². The lowest BCUT2D eigenvalue weighted by atomic mass is 9.89. The molecule has 2 atom stereocenters. The van der Waals surface area contributed by atoms with Gasteiger partial charge in [0.2, 0.25) is 0 Å². The number of aromatic hydroxyl groups is 1. The minimum absolute atomic E-state index is 0.329. The van der Waals surface area contributed by atoms with Crippen molar-refractivity contribution in [3.8, 4) is 5.75 Å². The lowest BCUT2D eigenvalue weighted by Crippen LogP contribution is -2.28. The van der Waals surface area contributed by atoms with Gasteiger partial charge in [0.15, 0.2) is 0 Å². The molecule has 2 aromatic rings. The summed E-state index contributed by atoms with van der Waals surface area (Å²) in [6.45, 7) is 5.51. The normalized spacial score (nSPS) is 13.8. The Morgan fingerprint density at radius 2 is 1.67 bits per heavy atom. The van der Waals surface area contributed by atoms with Crippen molar-refractivity contribution in [2.45, 2.75) is 32.7 Å². The first-order chi connectivity index (χ1) is 10.2. The first-order valence-corrected chi connectivity index (χ1v) is 7.77. The number of hydrogen-bond acceptors (Lipinski definition) is 2. The van der Waals surface area contributed by atoms with Crippen molar-refractivity contribution in [3.05, 3.63) is 65.7 Å². The lowest BCUT2D eigenvalue weighted by Gasteiger charge is -2.26. The summed E-state index contributed by atoms with van der Waals surface area (Å²) in [7, 11) is 0. The van der Waals surface area contributed by atoms with Crippen LogP contribution in [0.1, 0.15) is 37.4 Å². The molecule has 0 radical (unpaired) electrons. The van der Waals surface area contributed by atoms with Gasteiger partial charge in [-0.1, -0.05) is 56.3 Å². The molecule has 2 aromatic carbocycles. The van der Waals surface area contributed by atoms with Crippen LogP contribution in [0.4, 0.5) is 0 Å². The number of benzene rings is 2. The topological polar surface area (TPSA) is 32.3 Å². The molecule has 21 heavy (non-hydrogen) atoms. The first-order valence-electron chi connectivity index (χ1n) is 7.77. The van der Waals surface area contributed by atoms with Crippen molar-refractivity contribution in [2.75, 3.05) is 6.54 Å². The Bertz CT molecular complexity index is 521. The Morgan fingerprint density at radius 3 is 2.29 bits per heavy atom. The lowest BCUT2D eigenvalue weighted by molar-refractivity contribution is 0.384. The van der Waals surface area contributed by atoms with E-state index in [1.54, 1.807) is 12.1 Å². The monoisotopic (exact) mass is 283 g/mol. The quantitative estimate of drug-likeness (QED) is 0.793. The molecule has 0 aliphatic carbocycles. The molecule has 0 heterocycles. The highest BCUT2D eigenvalue weighted by Crippen LogP contribution is 2.25. The van der Waals surface area contributed by atoms with Crippen LogP contribution in [-0.2, 0) is 6.42 Å². The van der Waals surface area contributed by atoms with E-state index in [1.165, 1.54) is 11.1 Å². The van der Waals surface area contributed by atoms with Crippen molar-refractivity contribution in [2.24, 2.45) is 5.92 Å². The van der Waals surface area contributed by atoms with Crippen LogP contribution in [0.25, 0.3) is 0 Å². The Kier molecular flexibility index (Phi) is 5.82. The summed E-state index contributed by atoms with van der Waals surface area (Å²) in [6.07, 6.45) is 2.13. The number of nitrogens with one attached hydrogen (secondary N) is 1. The highest BCUT2D eigenvalue weighted by atomic mass is 16.3. The van der Waals surface area contributed by atoms with Crippen molar-refractivity contribution in [1.29, 1.82) is 0 Å². The Balaban J connectivity index is 2.10. The van der Waals surface area contributed by atoms with E-state index in [0.29, 0.717) is 17.7 Å². The van der Waals surface area contributed by atoms with Crippen LogP contribution in [0, 0.1) is 5.92 Å². The second-order valence-corrected chi connectivity index (χ2v) is 5.69.